The second kappa shape index (κ2) is 11.2. The topological polar surface area (TPSA) is 100 Å². The quantitative estimate of drug-likeness (QED) is 0.475. The number of anilines is 1. The normalized spacial score (nSPS) is 15.2. The maximum atomic E-state index is 13.6. The molecular weight excluding hydrogens is 487 g/mol. The summed E-state index contributed by atoms with van der Waals surface area (Å²) in [4.78, 5) is 21.7. The third kappa shape index (κ3) is 6.46. The van der Waals surface area contributed by atoms with Crippen molar-refractivity contribution in [2.45, 2.75) is 31.5 Å². The summed E-state index contributed by atoms with van der Waals surface area (Å²) in [6.45, 7) is 0.711. The molecule has 0 aliphatic carbocycles. The van der Waals surface area contributed by atoms with E-state index < -0.39 is 18.0 Å². The number of methoxy groups -OCH3 is 1. The molecule has 0 unspecified atom stereocenters. The van der Waals surface area contributed by atoms with Gasteiger partial charge in [0.25, 0.3) is 0 Å². The molecule has 2 aromatic carbocycles. The van der Waals surface area contributed by atoms with E-state index in [0.717, 1.165) is 5.56 Å². The first-order chi connectivity index (χ1) is 17.8. The molecule has 4 rings (SSSR count). The van der Waals surface area contributed by atoms with Crippen molar-refractivity contribution in [2.24, 2.45) is 0 Å². The molecule has 2 heterocycles. The molecule has 11 heteroatoms. The van der Waals surface area contributed by atoms with Crippen molar-refractivity contribution in [2.75, 3.05) is 25.1 Å². The number of alkyl halides is 3. The maximum Gasteiger partial charge on any atom is 0.451 e. The molecule has 1 fully saturated rings. The van der Waals surface area contributed by atoms with Crippen LogP contribution >= 0.6 is 0 Å². The van der Waals surface area contributed by atoms with Gasteiger partial charge in [0.05, 0.1) is 18.7 Å². The van der Waals surface area contributed by atoms with E-state index in [2.05, 4.69) is 21.4 Å². The third-order valence-corrected chi connectivity index (χ3v) is 5.87. The molecule has 1 aliphatic rings. The van der Waals surface area contributed by atoms with Crippen molar-refractivity contribution in [1.29, 1.82) is 5.26 Å². The molecule has 1 N–H and O–H groups in total. The number of hydrogen-bond acceptors (Lipinski definition) is 7. The van der Waals surface area contributed by atoms with Crippen molar-refractivity contribution < 1.29 is 27.4 Å². The van der Waals surface area contributed by atoms with Gasteiger partial charge in [0, 0.05) is 19.2 Å². The number of aromatic nitrogens is 2. The smallest absolute Gasteiger partial charge is 0.451 e. The van der Waals surface area contributed by atoms with E-state index in [4.69, 9.17) is 14.7 Å². The van der Waals surface area contributed by atoms with E-state index in [1.54, 1.807) is 41.3 Å². The third-order valence-electron chi connectivity index (χ3n) is 5.87. The molecule has 0 radical (unpaired) electrons. The molecule has 37 heavy (non-hydrogen) atoms. The van der Waals surface area contributed by atoms with Gasteiger partial charge in [0.2, 0.25) is 17.6 Å². The van der Waals surface area contributed by atoms with Crippen LogP contribution in [0.15, 0.2) is 54.6 Å². The van der Waals surface area contributed by atoms with Crippen LogP contribution in [0.2, 0.25) is 0 Å². The molecule has 3 aromatic rings. The Morgan fingerprint density at radius 3 is 2.49 bits per heavy atom. The lowest BCUT2D eigenvalue weighted by atomic mass is 10.1. The lowest BCUT2D eigenvalue weighted by Crippen LogP contribution is -2.44. The molecule has 1 aliphatic heterocycles. The highest BCUT2D eigenvalue weighted by Gasteiger charge is 2.38. The van der Waals surface area contributed by atoms with E-state index in [0.29, 0.717) is 43.7 Å². The zero-order chi connectivity index (χ0) is 26.4. The summed E-state index contributed by atoms with van der Waals surface area (Å²) in [6.07, 6.45) is -3.15. The van der Waals surface area contributed by atoms with Crippen LogP contribution in [0.5, 0.6) is 17.4 Å². The fourth-order valence-corrected chi connectivity index (χ4v) is 4.01. The predicted molar refractivity (Wildman–Crippen MR) is 128 cm³/mol. The van der Waals surface area contributed by atoms with Gasteiger partial charge in [-0.25, -0.2) is 4.98 Å². The van der Waals surface area contributed by atoms with Crippen molar-refractivity contribution in [3.63, 3.8) is 0 Å². The molecule has 1 aromatic heterocycles. The molecule has 0 saturated carbocycles. The summed E-state index contributed by atoms with van der Waals surface area (Å²) in [5.74, 6) is -1.12. The number of amides is 1. The summed E-state index contributed by atoms with van der Waals surface area (Å²) in [6, 6.07) is 16.0. The Hall–Kier alpha value is -4.33. The number of hydrogen-bond donors (Lipinski definition) is 1. The number of ether oxygens (including phenoxy) is 2. The van der Waals surface area contributed by atoms with E-state index in [-0.39, 0.29) is 23.4 Å². The monoisotopic (exact) mass is 511 g/mol. The fourth-order valence-electron chi connectivity index (χ4n) is 4.01. The Kier molecular flexibility index (Phi) is 7.77. The largest absolute Gasteiger partial charge is 0.497 e. The number of nitriles is 1. The van der Waals surface area contributed by atoms with Crippen molar-refractivity contribution in [1.82, 2.24) is 15.3 Å². The maximum absolute atomic E-state index is 13.6. The summed E-state index contributed by atoms with van der Waals surface area (Å²) < 4.78 is 51.4. The van der Waals surface area contributed by atoms with Gasteiger partial charge in [-0.05, 0) is 61.2 Å². The zero-order valence-electron chi connectivity index (χ0n) is 20.0. The van der Waals surface area contributed by atoms with Crippen molar-refractivity contribution in [3.8, 4) is 23.4 Å². The Morgan fingerprint density at radius 2 is 1.84 bits per heavy atom. The number of nitrogens with zero attached hydrogens (tertiary/aromatic N) is 4. The number of nitrogens with one attached hydrogen (secondary N) is 1. The molecule has 1 amide bonds. The van der Waals surface area contributed by atoms with E-state index in [1.807, 2.05) is 12.1 Å². The average Bonchev–Trinajstić information content (AvgIpc) is 3.39. The minimum absolute atomic E-state index is 0.0319. The van der Waals surface area contributed by atoms with Gasteiger partial charge in [-0.3, -0.25) is 4.79 Å². The number of carbonyl (C=O) groups excluding carboxylic acids is 1. The van der Waals surface area contributed by atoms with Gasteiger partial charge in [-0.2, -0.15) is 23.4 Å². The van der Waals surface area contributed by atoms with Crippen LogP contribution in [0.1, 0.15) is 29.8 Å². The first-order valence-corrected chi connectivity index (χ1v) is 11.6. The lowest BCUT2D eigenvalue weighted by Gasteiger charge is -2.25. The SMILES string of the molecule is COc1ccc(Oc2cc(N3CCC[C@H]3C(=O)NCCc3ccc(C#N)cc3)nc(C(F)(F)F)n2)cc1. The predicted octanol–water partition coefficient (Wildman–Crippen LogP) is 4.50. The Balaban J connectivity index is 1.49. The van der Waals surface area contributed by atoms with Gasteiger partial charge in [-0.15, -0.1) is 0 Å². The van der Waals surface area contributed by atoms with E-state index in [1.165, 1.54) is 13.2 Å². The van der Waals surface area contributed by atoms with E-state index in [9.17, 15) is 18.0 Å². The van der Waals surface area contributed by atoms with Crippen LogP contribution in [0.3, 0.4) is 0 Å². The Bertz CT molecular complexity index is 1270. The molecule has 1 saturated heterocycles. The minimum Gasteiger partial charge on any atom is -0.497 e. The van der Waals surface area contributed by atoms with Crippen molar-refractivity contribution in [3.05, 3.63) is 71.5 Å². The fraction of sp³-hybridized carbons (Fsp3) is 0.308. The van der Waals surface area contributed by atoms with E-state index >= 15 is 0 Å². The molecule has 8 nitrogen and oxygen atoms in total. The summed E-state index contributed by atoms with van der Waals surface area (Å²) >= 11 is 0. The molecule has 0 bridgehead atoms. The number of carbonyl (C=O) groups is 1. The Labute approximate surface area is 211 Å². The summed E-state index contributed by atoms with van der Waals surface area (Å²) in [5.41, 5.74) is 1.50. The van der Waals surface area contributed by atoms with Gasteiger partial charge < -0.3 is 19.7 Å². The summed E-state index contributed by atoms with van der Waals surface area (Å²) in [5, 5.41) is 11.8. The van der Waals surface area contributed by atoms with Gasteiger partial charge >= 0.3 is 6.18 Å². The van der Waals surface area contributed by atoms with Crippen LogP contribution < -0.4 is 19.7 Å². The highest BCUT2D eigenvalue weighted by molar-refractivity contribution is 5.85. The zero-order valence-corrected chi connectivity index (χ0v) is 20.0. The molecular formula is C26H24F3N5O3. The minimum atomic E-state index is -4.80. The van der Waals surface area contributed by atoms with Gasteiger partial charge in [-0.1, -0.05) is 12.1 Å². The van der Waals surface area contributed by atoms with Crippen molar-refractivity contribution >= 4 is 11.7 Å². The highest BCUT2D eigenvalue weighted by atomic mass is 19.4. The lowest BCUT2D eigenvalue weighted by molar-refractivity contribution is -0.145. The van der Waals surface area contributed by atoms with Crippen LogP contribution in [-0.2, 0) is 17.4 Å². The van der Waals surface area contributed by atoms with Gasteiger partial charge in [0.15, 0.2) is 0 Å². The molecule has 1 atom stereocenters. The Morgan fingerprint density at radius 1 is 1.14 bits per heavy atom. The first-order valence-electron chi connectivity index (χ1n) is 11.6. The van der Waals surface area contributed by atoms with Gasteiger partial charge in [0.1, 0.15) is 23.4 Å². The number of benzene rings is 2. The van der Waals surface area contributed by atoms with Crippen LogP contribution in [0.25, 0.3) is 0 Å². The summed E-state index contributed by atoms with van der Waals surface area (Å²) in [7, 11) is 1.50. The molecule has 192 valence electrons. The second-order valence-electron chi connectivity index (χ2n) is 8.36. The van der Waals surface area contributed by atoms with Crippen LogP contribution in [-0.4, -0.2) is 42.1 Å². The molecule has 0 spiro atoms. The number of rotatable bonds is 8. The highest BCUT2D eigenvalue weighted by Crippen LogP contribution is 2.34. The number of halogens is 3. The van der Waals surface area contributed by atoms with Crippen LogP contribution in [0.4, 0.5) is 19.0 Å². The average molecular weight is 512 g/mol. The second-order valence-corrected chi connectivity index (χ2v) is 8.36. The van der Waals surface area contributed by atoms with Crippen LogP contribution in [0, 0.1) is 11.3 Å². The standard InChI is InChI=1S/C26H24F3N5O3/c1-36-19-8-10-20(11-9-19)37-23-15-22(32-25(33-23)26(27,28)29)34-14-2-3-21(34)24(35)31-13-12-17-4-6-18(16-30)7-5-17/h4-11,15,21H,2-3,12-14H2,1H3,(H,31,35)/t21-/m0/s1. The first kappa shape index (κ1) is 25.8.